The number of carbonyl (C=O) groups is 2. The molecule has 2 amide bonds. The van der Waals surface area contributed by atoms with E-state index in [1.165, 1.54) is 39.5 Å². The lowest BCUT2D eigenvalue weighted by molar-refractivity contribution is -0.149. The monoisotopic (exact) mass is 440 g/mol. The summed E-state index contributed by atoms with van der Waals surface area (Å²) >= 11 is 0. The summed E-state index contributed by atoms with van der Waals surface area (Å²) in [7, 11) is 0. The van der Waals surface area contributed by atoms with Crippen LogP contribution in [0.25, 0.3) is 0 Å². The van der Waals surface area contributed by atoms with Crippen LogP contribution >= 0.6 is 0 Å². The van der Waals surface area contributed by atoms with Gasteiger partial charge < -0.3 is 10.6 Å². The molecule has 0 saturated heterocycles. The van der Waals surface area contributed by atoms with Crippen molar-refractivity contribution < 1.29 is 22.8 Å². The van der Waals surface area contributed by atoms with Crippen LogP contribution in [0.1, 0.15) is 79.1 Å². The van der Waals surface area contributed by atoms with Crippen LogP contribution in [-0.2, 0) is 9.59 Å². The minimum atomic E-state index is -4.40. The highest BCUT2D eigenvalue weighted by Gasteiger charge is 2.58. The second-order valence-electron chi connectivity index (χ2n) is 11.6. The van der Waals surface area contributed by atoms with E-state index in [4.69, 9.17) is 0 Å². The molecule has 31 heavy (non-hydrogen) atoms. The quantitative estimate of drug-likeness (QED) is 0.614. The molecule has 4 rings (SSSR count). The molecule has 0 aromatic rings. The van der Waals surface area contributed by atoms with Gasteiger partial charge >= 0.3 is 6.18 Å². The van der Waals surface area contributed by atoms with Gasteiger partial charge in [-0.25, -0.2) is 0 Å². The van der Waals surface area contributed by atoms with E-state index in [-0.39, 0.29) is 17.0 Å². The molecule has 6 atom stereocenters. The van der Waals surface area contributed by atoms with Crippen molar-refractivity contribution in [1.29, 1.82) is 0 Å². The fraction of sp³-hybridized carbons (Fsp3) is 0.833. The molecule has 3 saturated carbocycles. The standard InChI is InChI=1S/C24H35F3N2O2/c1-21(2,13-24(25,26)27)29-20(31)15-12-23(4)17-9-11-22(3)10-5-6-16(22)14(17)7-8-18(23)28-19(15)30/h12,14,16-18H,5-11,13H2,1-4H3,(H,28,30)(H,29,31)/t14-,16-,17+,18?,22-,23+/m0/s1. The molecule has 1 unspecified atom stereocenters. The lowest BCUT2D eigenvalue weighted by Crippen LogP contribution is -2.61. The van der Waals surface area contributed by atoms with Crippen molar-refractivity contribution in [1.82, 2.24) is 10.6 Å². The van der Waals surface area contributed by atoms with Gasteiger partial charge in [-0.3, -0.25) is 9.59 Å². The number of halogens is 3. The highest BCUT2D eigenvalue weighted by molar-refractivity contribution is 6.19. The van der Waals surface area contributed by atoms with Gasteiger partial charge in [0.05, 0.1) is 6.42 Å². The van der Waals surface area contributed by atoms with Crippen LogP contribution in [-0.4, -0.2) is 29.6 Å². The fourth-order valence-corrected chi connectivity index (χ4v) is 7.52. The zero-order valence-corrected chi connectivity index (χ0v) is 19.0. The Balaban J connectivity index is 1.60. The SMILES string of the molecule is CC(C)(CC(F)(F)F)NC(=O)C1=C[C@@]2(C)C(CC[C@@H]3[C@H]2CC[C@]2(C)CCC[C@@H]32)NC1=O. The van der Waals surface area contributed by atoms with E-state index in [0.29, 0.717) is 23.2 Å². The number of hydrogen-bond acceptors (Lipinski definition) is 2. The molecule has 3 aliphatic carbocycles. The first-order chi connectivity index (χ1) is 14.2. The molecule has 3 fully saturated rings. The van der Waals surface area contributed by atoms with Gasteiger partial charge in [0.15, 0.2) is 0 Å². The highest BCUT2D eigenvalue weighted by atomic mass is 19.4. The van der Waals surface area contributed by atoms with E-state index in [2.05, 4.69) is 24.5 Å². The number of carbonyl (C=O) groups excluding carboxylic acids is 2. The summed E-state index contributed by atoms with van der Waals surface area (Å²) in [4.78, 5) is 25.6. The van der Waals surface area contributed by atoms with Crippen molar-refractivity contribution >= 4 is 11.8 Å². The van der Waals surface area contributed by atoms with Gasteiger partial charge in [0.25, 0.3) is 11.8 Å². The molecular weight excluding hydrogens is 405 g/mol. The van der Waals surface area contributed by atoms with Crippen LogP contribution in [0, 0.1) is 28.6 Å². The maximum absolute atomic E-state index is 12.9. The molecular formula is C24H35F3N2O2. The molecule has 0 spiro atoms. The van der Waals surface area contributed by atoms with Crippen molar-refractivity contribution in [3.63, 3.8) is 0 Å². The molecule has 0 aromatic carbocycles. The largest absolute Gasteiger partial charge is 0.391 e. The van der Waals surface area contributed by atoms with Gasteiger partial charge in [0, 0.05) is 17.0 Å². The average molecular weight is 441 g/mol. The number of nitrogens with one attached hydrogen (secondary N) is 2. The van der Waals surface area contributed by atoms with Gasteiger partial charge in [-0.05, 0) is 75.5 Å². The molecule has 4 nitrogen and oxygen atoms in total. The molecule has 4 aliphatic rings. The van der Waals surface area contributed by atoms with E-state index >= 15 is 0 Å². The minimum Gasteiger partial charge on any atom is -0.348 e. The van der Waals surface area contributed by atoms with E-state index in [1.807, 2.05) is 6.08 Å². The molecule has 7 heteroatoms. The number of alkyl halides is 3. The number of rotatable bonds is 3. The molecule has 0 aromatic heterocycles. The van der Waals surface area contributed by atoms with Gasteiger partial charge in [-0.2, -0.15) is 13.2 Å². The Kier molecular flexibility index (Phi) is 5.29. The predicted molar refractivity (Wildman–Crippen MR) is 112 cm³/mol. The Bertz CT molecular complexity index is 805. The van der Waals surface area contributed by atoms with Crippen LogP contribution in [0.15, 0.2) is 11.6 Å². The normalized spacial score (nSPS) is 40.2. The van der Waals surface area contributed by atoms with Crippen LogP contribution in [0.2, 0.25) is 0 Å². The summed E-state index contributed by atoms with van der Waals surface area (Å²) in [6.45, 7) is 7.24. The summed E-state index contributed by atoms with van der Waals surface area (Å²) < 4.78 is 38.6. The topological polar surface area (TPSA) is 58.2 Å². The summed E-state index contributed by atoms with van der Waals surface area (Å²) in [6, 6.07) is -0.0215. The van der Waals surface area contributed by atoms with Crippen LogP contribution < -0.4 is 10.6 Å². The summed E-state index contributed by atoms with van der Waals surface area (Å²) in [5.41, 5.74) is -1.45. The Labute approximate surface area is 182 Å². The maximum atomic E-state index is 12.9. The third-order valence-corrected chi connectivity index (χ3v) is 8.90. The van der Waals surface area contributed by atoms with Crippen LogP contribution in [0.3, 0.4) is 0 Å². The lowest BCUT2D eigenvalue weighted by atomic mass is 9.48. The predicted octanol–water partition coefficient (Wildman–Crippen LogP) is 4.89. The second kappa shape index (κ2) is 7.24. The Hall–Kier alpha value is -1.53. The molecule has 1 heterocycles. The first-order valence-electron chi connectivity index (χ1n) is 11.7. The first kappa shape index (κ1) is 22.7. The van der Waals surface area contributed by atoms with Crippen molar-refractivity contribution in [2.75, 3.05) is 0 Å². The highest BCUT2D eigenvalue weighted by Crippen LogP contribution is 2.63. The first-order valence-corrected chi connectivity index (χ1v) is 11.7. The minimum absolute atomic E-state index is 0.0215. The molecule has 2 N–H and O–H groups in total. The smallest absolute Gasteiger partial charge is 0.348 e. The van der Waals surface area contributed by atoms with E-state index in [0.717, 1.165) is 19.3 Å². The molecule has 0 bridgehead atoms. The van der Waals surface area contributed by atoms with Gasteiger partial charge in [0.2, 0.25) is 0 Å². The second-order valence-corrected chi connectivity index (χ2v) is 11.6. The Morgan fingerprint density at radius 2 is 1.84 bits per heavy atom. The molecule has 0 radical (unpaired) electrons. The fourth-order valence-electron chi connectivity index (χ4n) is 7.52. The zero-order chi connectivity index (χ0) is 22.8. The number of fused-ring (bicyclic) bond motifs is 5. The van der Waals surface area contributed by atoms with E-state index < -0.39 is 30.0 Å². The lowest BCUT2D eigenvalue weighted by Gasteiger charge is -2.58. The zero-order valence-electron chi connectivity index (χ0n) is 19.0. The summed E-state index contributed by atoms with van der Waals surface area (Å²) in [5.74, 6) is 0.476. The van der Waals surface area contributed by atoms with Gasteiger partial charge in [-0.1, -0.05) is 26.3 Å². The Morgan fingerprint density at radius 3 is 2.52 bits per heavy atom. The average Bonchev–Trinajstić information content (AvgIpc) is 3.01. The van der Waals surface area contributed by atoms with Crippen molar-refractivity contribution in [3.8, 4) is 0 Å². The van der Waals surface area contributed by atoms with Crippen molar-refractivity contribution in [3.05, 3.63) is 11.6 Å². The van der Waals surface area contributed by atoms with E-state index in [9.17, 15) is 22.8 Å². The Morgan fingerprint density at radius 1 is 1.13 bits per heavy atom. The molecule has 174 valence electrons. The number of amides is 2. The third kappa shape index (κ3) is 4.02. The molecule has 1 aliphatic heterocycles. The summed E-state index contributed by atoms with van der Waals surface area (Å²) in [6.07, 6.45) is 4.32. The maximum Gasteiger partial charge on any atom is 0.391 e. The van der Waals surface area contributed by atoms with E-state index in [1.54, 1.807) is 0 Å². The third-order valence-electron chi connectivity index (χ3n) is 8.90. The van der Waals surface area contributed by atoms with Gasteiger partial charge in [-0.15, -0.1) is 0 Å². The van der Waals surface area contributed by atoms with Crippen LogP contribution in [0.4, 0.5) is 13.2 Å². The summed E-state index contributed by atoms with van der Waals surface area (Å²) in [5, 5.41) is 5.49. The van der Waals surface area contributed by atoms with Gasteiger partial charge in [0.1, 0.15) is 5.57 Å². The number of hydrogen-bond donors (Lipinski definition) is 2. The van der Waals surface area contributed by atoms with Crippen molar-refractivity contribution in [2.24, 2.45) is 28.6 Å². The van der Waals surface area contributed by atoms with Crippen molar-refractivity contribution in [2.45, 2.75) is 96.8 Å². The van der Waals surface area contributed by atoms with Crippen LogP contribution in [0.5, 0.6) is 0 Å².